The van der Waals surface area contributed by atoms with E-state index in [4.69, 9.17) is 9.15 Å². The molecule has 0 radical (unpaired) electrons. The highest BCUT2D eigenvalue weighted by molar-refractivity contribution is 5.75. The molecule has 1 aromatic heterocycles. The lowest BCUT2D eigenvalue weighted by atomic mass is 10.1. The van der Waals surface area contributed by atoms with Gasteiger partial charge in [-0.2, -0.15) is 0 Å². The molecule has 2 unspecified atom stereocenters. The van der Waals surface area contributed by atoms with Crippen LogP contribution in [0.25, 0.3) is 0 Å². The Balaban J connectivity index is 2.59. The van der Waals surface area contributed by atoms with Gasteiger partial charge in [0.15, 0.2) is 0 Å². The van der Waals surface area contributed by atoms with E-state index in [9.17, 15) is 4.79 Å². The number of carbonyl (C=O) groups is 1. The van der Waals surface area contributed by atoms with E-state index < -0.39 is 0 Å². The van der Waals surface area contributed by atoms with Crippen molar-refractivity contribution in [1.29, 1.82) is 0 Å². The van der Waals surface area contributed by atoms with Crippen LogP contribution in [0.5, 0.6) is 0 Å². The van der Waals surface area contributed by atoms with Crippen LogP contribution in [0.2, 0.25) is 0 Å². The minimum absolute atomic E-state index is 0.00180. The van der Waals surface area contributed by atoms with Crippen LogP contribution >= 0.6 is 0 Å². The van der Waals surface area contributed by atoms with Gasteiger partial charge >= 0.3 is 5.97 Å². The fourth-order valence-electron chi connectivity index (χ4n) is 1.67. The molecule has 0 aliphatic heterocycles. The van der Waals surface area contributed by atoms with E-state index in [0.717, 1.165) is 11.5 Å². The van der Waals surface area contributed by atoms with Crippen LogP contribution in [0.1, 0.15) is 44.8 Å². The summed E-state index contributed by atoms with van der Waals surface area (Å²) in [7, 11) is 0. The summed E-state index contributed by atoms with van der Waals surface area (Å²) >= 11 is 0. The SMILES string of the molecule is CCOC(=O)C(CC)NC(C)c1ccc(C)o1. The lowest BCUT2D eigenvalue weighted by Gasteiger charge is -2.19. The van der Waals surface area contributed by atoms with E-state index in [1.54, 1.807) is 0 Å². The molecule has 0 amide bonds. The van der Waals surface area contributed by atoms with Gasteiger partial charge in [-0.05, 0) is 39.3 Å². The standard InChI is InChI=1S/C13H21NO3/c1-5-11(13(15)16-6-2)14-10(4)12-8-7-9(3)17-12/h7-8,10-11,14H,5-6H2,1-4H3. The molecule has 2 atom stereocenters. The van der Waals surface area contributed by atoms with Gasteiger partial charge in [-0.15, -0.1) is 0 Å². The second-order valence-electron chi connectivity index (χ2n) is 4.05. The summed E-state index contributed by atoms with van der Waals surface area (Å²) in [5, 5.41) is 3.21. The molecule has 1 rings (SSSR count). The number of ether oxygens (including phenoxy) is 1. The number of carbonyl (C=O) groups excluding carboxylic acids is 1. The zero-order valence-electron chi connectivity index (χ0n) is 10.9. The first kappa shape index (κ1) is 13.8. The molecule has 1 aromatic rings. The van der Waals surface area contributed by atoms with Crippen molar-refractivity contribution >= 4 is 5.97 Å². The predicted octanol–water partition coefficient (Wildman–Crippen LogP) is 2.58. The van der Waals surface area contributed by atoms with Crippen molar-refractivity contribution < 1.29 is 13.9 Å². The van der Waals surface area contributed by atoms with Crippen molar-refractivity contribution in [3.63, 3.8) is 0 Å². The third-order valence-electron chi connectivity index (χ3n) is 2.62. The predicted molar refractivity (Wildman–Crippen MR) is 65.7 cm³/mol. The number of hydrogen-bond donors (Lipinski definition) is 1. The highest BCUT2D eigenvalue weighted by Gasteiger charge is 2.21. The second-order valence-corrected chi connectivity index (χ2v) is 4.05. The average molecular weight is 239 g/mol. The molecule has 0 aliphatic carbocycles. The van der Waals surface area contributed by atoms with Crippen LogP contribution in [0.15, 0.2) is 16.5 Å². The Morgan fingerprint density at radius 1 is 1.47 bits per heavy atom. The molecular weight excluding hydrogens is 218 g/mol. The molecule has 0 aliphatic rings. The van der Waals surface area contributed by atoms with Gasteiger partial charge < -0.3 is 9.15 Å². The zero-order chi connectivity index (χ0) is 12.8. The van der Waals surface area contributed by atoms with Crippen LogP contribution < -0.4 is 5.32 Å². The Hall–Kier alpha value is -1.29. The minimum atomic E-state index is -0.282. The van der Waals surface area contributed by atoms with Gasteiger partial charge in [0, 0.05) is 0 Å². The number of furan rings is 1. The molecule has 0 saturated carbocycles. The van der Waals surface area contributed by atoms with Gasteiger partial charge in [0.1, 0.15) is 17.6 Å². The van der Waals surface area contributed by atoms with Crippen LogP contribution in [0, 0.1) is 6.92 Å². The largest absolute Gasteiger partial charge is 0.465 e. The molecule has 0 saturated heterocycles. The average Bonchev–Trinajstić information content (AvgIpc) is 2.72. The van der Waals surface area contributed by atoms with Gasteiger partial charge in [0.05, 0.1) is 12.6 Å². The van der Waals surface area contributed by atoms with Gasteiger partial charge in [0.2, 0.25) is 0 Å². The maximum Gasteiger partial charge on any atom is 0.323 e. The summed E-state index contributed by atoms with van der Waals surface area (Å²) in [5.74, 6) is 1.51. The molecular formula is C13H21NO3. The second kappa shape index (κ2) is 6.45. The van der Waals surface area contributed by atoms with Crippen LogP contribution in [-0.4, -0.2) is 18.6 Å². The third kappa shape index (κ3) is 3.89. The number of esters is 1. The molecule has 4 heteroatoms. The van der Waals surface area contributed by atoms with Crippen molar-refractivity contribution in [2.45, 2.75) is 46.2 Å². The van der Waals surface area contributed by atoms with Crippen LogP contribution in [0.4, 0.5) is 0 Å². The number of aryl methyl sites for hydroxylation is 1. The summed E-state index contributed by atoms with van der Waals surface area (Å²) < 4.78 is 10.5. The summed E-state index contributed by atoms with van der Waals surface area (Å²) in [6.07, 6.45) is 0.697. The van der Waals surface area contributed by atoms with E-state index in [0.29, 0.717) is 13.0 Å². The Morgan fingerprint density at radius 3 is 2.65 bits per heavy atom. The van der Waals surface area contributed by atoms with Crippen molar-refractivity contribution in [3.05, 3.63) is 23.7 Å². The Kier molecular flexibility index (Phi) is 5.22. The van der Waals surface area contributed by atoms with Crippen molar-refractivity contribution in [2.75, 3.05) is 6.61 Å². The van der Waals surface area contributed by atoms with Gasteiger partial charge in [0.25, 0.3) is 0 Å². The van der Waals surface area contributed by atoms with Crippen LogP contribution in [-0.2, 0) is 9.53 Å². The lowest BCUT2D eigenvalue weighted by molar-refractivity contribution is -0.146. The minimum Gasteiger partial charge on any atom is -0.465 e. The van der Waals surface area contributed by atoms with E-state index in [2.05, 4.69) is 5.32 Å². The normalized spacial score (nSPS) is 14.4. The Morgan fingerprint density at radius 2 is 2.18 bits per heavy atom. The molecule has 96 valence electrons. The lowest BCUT2D eigenvalue weighted by Crippen LogP contribution is -2.38. The summed E-state index contributed by atoms with van der Waals surface area (Å²) in [6, 6.07) is 3.55. The number of nitrogens with one attached hydrogen (secondary N) is 1. The van der Waals surface area contributed by atoms with Gasteiger partial charge in [-0.3, -0.25) is 10.1 Å². The molecule has 1 N–H and O–H groups in total. The summed E-state index contributed by atoms with van der Waals surface area (Å²) in [5.41, 5.74) is 0. The monoisotopic (exact) mass is 239 g/mol. The van der Waals surface area contributed by atoms with E-state index in [1.165, 1.54) is 0 Å². The molecule has 0 spiro atoms. The van der Waals surface area contributed by atoms with Crippen LogP contribution in [0.3, 0.4) is 0 Å². The smallest absolute Gasteiger partial charge is 0.323 e. The first-order valence-electron chi connectivity index (χ1n) is 6.07. The molecule has 4 nitrogen and oxygen atoms in total. The zero-order valence-corrected chi connectivity index (χ0v) is 10.9. The maximum atomic E-state index is 11.6. The molecule has 1 heterocycles. The van der Waals surface area contributed by atoms with Crippen molar-refractivity contribution in [1.82, 2.24) is 5.32 Å². The van der Waals surface area contributed by atoms with E-state index in [1.807, 2.05) is 39.8 Å². The Bertz CT molecular complexity index is 359. The van der Waals surface area contributed by atoms with Crippen molar-refractivity contribution in [2.24, 2.45) is 0 Å². The first-order chi connectivity index (χ1) is 8.08. The summed E-state index contributed by atoms with van der Waals surface area (Å²) in [4.78, 5) is 11.6. The molecule has 0 fully saturated rings. The van der Waals surface area contributed by atoms with E-state index in [-0.39, 0.29) is 18.1 Å². The molecule has 0 bridgehead atoms. The maximum absolute atomic E-state index is 11.6. The fraction of sp³-hybridized carbons (Fsp3) is 0.615. The fourth-order valence-corrected chi connectivity index (χ4v) is 1.67. The Labute approximate surface area is 102 Å². The topological polar surface area (TPSA) is 51.5 Å². The quantitative estimate of drug-likeness (QED) is 0.775. The first-order valence-corrected chi connectivity index (χ1v) is 6.07. The van der Waals surface area contributed by atoms with Gasteiger partial charge in [-0.25, -0.2) is 0 Å². The summed E-state index contributed by atoms with van der Waals surface area (Å²) in [6.45, 7) is 8.04. The number of rotatable bonds is 6. The van der Waals surface area contributed by atoms with E-state index >= 15 is 0 Å². The highest BCUT2D eigenvalue weighted by atomic mass is 16.5. The highest BCUT2D eigenvalue weighted by Crippen LogP contribution is 2.16. The number of hydrogen-bond acceptors (Lipinski definition) is 4. The van der Waals surface area contributed by atoms with Crippen molar-refractivity contribution in [3.8, 4) is 0 Å². The molecule has 17 heavy (non-hydrogen) atoms. The molecule has 0 aromatic carbocycles. The third-order valence-corrected chi connectivity index (χ3v) is 2.62. The van der Waals surface area contributed by atoms with Gasteiger partial charge in [-0.1, -0.05) is 6.92 Å².